The second-order valence-corrected chi connectivity index (χ2v) is 6.39. The highest BCUT2D eigenvalue weighted by molar-refractivity contribution is 7.91. The van der Waals surface area contributed by atoms with Crippen LogP contribution in [0, 0.1) is 0 Å². The monoisotopic (exact) mass is 276 g/mol. The standard InChI is InChI=1S/C13H12N2O3S/c14-7-1-3-11-9(5-7)13(16)10-6-8(15)2-4-12(10)19(11,17)18/h1-6,13,16H,14-15H2. The summed E-state index contributed by atoms with van der Waals surface area (Å²) in [5.74, 6) is 0. The summed E-state index contributed by atoms with van der Waals surface area (Å²) in [4.78, 5) is 0.179. The molecule has 98 valence electrons. The number of rotatable bonds is 0. The maximum atomic E-state index is 12.5. The molecule has 0 bridgehead atoms. The third-order valence-corrected chi connectivity index (χ3v) is 5.14. The molecule has 1 heterocycles. The van der Waals surface area contributed by atoms with Gasteiger partial charge < -0.3 is 16.6 Å². The molecular formula is C13H12N2O3S. The van der Waals surface area contributed by atoms with Crippen LogP contribution in [0.15, 0.2) is 46.2 Å². The van der Waals surface area contributed by atoms with Crippen LogP contribution in [-0.2, 0) is 9.84 Å². The molecule has 0 fully saturated rings. The van der Waals surface area contributed by atoms with Crippen molar-refractivity contribution in [3.05, 3.63) is 47.5 Å². The van der Waals surface area contributed by atoms with Gasteiger partial charge in [0, 0.05) is 22.5 Å². The molecular weight excluding hydrogens is 264 g/mol. The van der Waals surface area contributed by atoms with Gasteiger partial charge in [0.1, 0.15) is 6.10 Å². The number of nitrogen functional groups attached to an aromatic ring is 2. The van der Waals surface area contributed by atoms with Crippen molar-refractivity contribution in [2.45, 2.75) is 15.9 Å². The molecule has 3 rings (SSSR count). The smallest absolute Gasteiger partial charge is 0.207 e. The maximum absolute atomic E-state index is 12.5. The molecule has 2 aromatic rings. The van der Waals surface area contributed by atoms with E-state index in [-0.39, 0.29) is 20.9 Å². The Morgan fingerprint density at radius 2 is 1.32 bits per heavy atom. The number of sulfone groups is 1. The van der Waals surface area contributed by atoms with Crippen LogP contribution in [0.3, 0.4) is 0 Å². The fourth-order valence-corrected chi connectivity index (χ4v) is 4.03. The van der Waals surface area contributed by atoms with Gasteiger partial charge in [-0.1, -0.05) is 0 Å². The topological polar surface area (TPSA) is 106 Å². The molecule has 0 amide bonds. The Morgan fingerprint density at radius 3 is 1.74 bits per heavy atom. The molecule has 1 aliphatic rings. The second-order valence-electron chi connectivity index (χ2n) is 4.50. The summed E-state index contributed by atoms with van der Waals surface area (Å²) in [6.07, 6.45) is -1.04. The van der Waals surface area contributed by atoms with E-state index < -0.39 is 15.9 Å². The maximum Gasteiger partial charge on any atom is 0.207 e. The lowest BCUT2D eigenvalue weighted by Crippen LogP contribution is -2.19. The summed E-state index contributed by atoms with van der Waals surface area (Å²) < 4.78 is 24.9. The average Bonchev–Trinajstić information content (AvgIpc) is 2.35. The molecule has 19 heavy (non-hydrogen) atoms. The summed E-state index contributed by atoms with van der Waals surface area (Å²) in [6.45, 7) is 0. The largest absolute Gasteiger partial charge is 0.399 e. The molecule has 5 nitrogen and oxygen atoms in total. The Bertz CT molecular complexity index is 725. The Morgan fingerprint density at radius 1 is 0.895 bits per heavy atom. The first-order valence-corrected chi connectivity index (χ1v) is 7.11. The quantitative estimate of drug-likeness (QED) is 0.624. The fourth-order valence-electron chi connectivity index (χ4n) is 2.34. The average molecular weight is 276 g/mol. The van der Waals surface area contributed by atoms with Gasteiger partial charge in [0.15, 0.2) is 0 Å². The first-order chi connectivity index (χ1) is 8.91. The van der Waals surface area contributed by atoms with Crippen molar-refractivity contribution in [3.63, 3.8) is 0 Å². The van der Waals surface area contributed by atoms with Crippen LogP contribution in [0.25, 0.3) is 0 Å². The molecule has 5 N–H and O–H groups in total. The minimum absolute atomic E-state index is 0.0893. The van der Waals surface area contributed by atoms with E-state index in [0.717, 1.165) is 0 Å². The third kappa shape index (κ3) is 1.61. The van der Waals surface area contributed by atoms with E-state index in [1.807, 2.05) is 0 Å². The highest BCUT2D eigenvalue weighted by Crippen LogP contribution is 2.41. The lowest BCUT2D eigenvalue weighted by atomic mass is 10.00. The van der Waals surface area contributed by atoms with E-state index in [4.69, 9.17) is 11.5 Å². The van der Waals surface area contributed by atoms with Crippen molar-refractivity contribution in [2.75, 3.05) is 11.5 Å². The van der Waals surface area contributed by atoms with Gasteiger partial charge in [-0.3, -0.25) is 0 Å². The number of aliphatic hydroxyl groups excluding tert-OH is 1. The van der Waals surface area contributed by atoms with Gasteiger partial charge in [-0.2, -0.15) is 0 Å². The molecule has 0 aliphatic carbocycles. The zero-order valence-corrected chi connectivity index (χ0v) is 10.7. The molecule has 1 aliphatic heterocycles. The van der Waals surface area contributed by atoms with Gasteiger partial charge in [-0.25, -0.2) is 8.42 Å². The lowest BCUT2D eigenvalue weighted by molar-refractivity contribution is 0.212. The molecule has 0 radical (unpaired) electrons. The van der Waals surface area contributed by atoms with Crippen LogP contribution >= 0.6 is 0 Å². The molecule has 6 heteroatoms. The van der Waals surface area contributed by atoms with Crippen molar-refractivity contribution < 1.29 is 13.5 Å². The normalized spacial score (nSPS) is 16.7. The van der Waals surface area contributed by atoms with Crippen molar-refractivity contribution in [2.24, 2.45) is 0 Å². The van der Waals surface area contributed by atoms with E-state index in [2.05, 4.69) is 0 Å². The minimum atomic E-state index is -3.64. The van der Waals surface area contributed by atoms with Crippen molar-refractivity contribution in [3.8, 4) is 0 Å². The summed E-state index contributed by atoms with van der Waals surface area (Å²) >= 11 is 0. The third-order valence-electron chi connectivity index (χ3n) is 3.24. The predicted molar refractivity (Wildman–Crippen MR) is 71.2 cm³/mol. The van der Waals surface area contributed by atoms with Crippen LogP contribution in [0.5, 0.6) is 0 Å². The first kappa shape index (κ1) is 12.0. The van der Waals surface area contributed by atoms with Crippen LogP contribution < -0.4 is 11.5 Å². The Labute approximate surface area is 110 Å². The van der Waals surface area contributed by atoms with E-state index in [9.17, 15) is 13.5 Å². The molecule has 0 saturated carbocycles. The van der Waals surface area contributed by atoms with E-state index in [0.29, 0.717) is 11.4 Å². The summed E-state index contributed by atoms with van der Waals surface area (Å²) in [6, 6.07) is 8.80. The first-order valence-electron chi connectivity index (χ1n) is 5.63. The van der Waals surface area contributed by atoms with Gasteiger partial charge in [-0.05, 0) is 36.4 Å². The summed E-state index contributed by atoms with van der Waals surface area (Å²) in [7, 11) is -3.64. The van der Waals surface area contributed by atoms with E-state index in [1.165, 1.54) is 36.4 Å². The zero-order chi connectivity index (χ0) is 13.8. The van der Waals surface area contributed by atoms with Crippen LogP contribution in [0.2, 0.25) is 0 Å². The highest BCUT2D eigenvalue weighted by Gasteiger charge is 2.34. The molecule has 0 aromatic heterocycles. The molecule has 0 spiro atoms. The highest BCUT2D eigenvalue weighted by atomic mass is 32.2. The SMILES string of the molecule is Nc1ccc2c(c1)C(O)c1cc(N)ccc1S2(=O)=O. The molecule has 0 unspecified atom stereocenters. The van der Waals surface area contributed by atoms with Gasteiger partial charge in [0.25, 0.3) is 0 Å². The number of anilines is 2. The number of hydrogen-bond acceptors (Lipinski definition) is 5. The minimum Gasteiger partial charge on any atom is -0.399 e. The van der Waals surface area contributed by atoms with Gasteiger partial charge >= 0.3 is 0 Å². The number of benzene rings is 2. The predicted octanol–water partition coefficient (Wildman–Crippen LogP) is 1.08. The van der Waals surface area contributed by atoms with Crippen LogP contribution in [0.4, 0.5) is 11.4 Å². The Kier molecular flexibility index (Phi) is 2.35. The van der Waals surface area contributed by atoms with E-state index >= 15 is 0 Å². The summed E-state index contributed by atoms with van der Waals surface area (Å²) in [5, 5.41) is 10.3. The van der Waals surface area contributed by atoms with Crippen LogP contribution in [-0.4, -0.2) is 13.5 Å². The summed E-state index contributed by atoms with van der Waals surface area (Å²) in [5.41, 5.74) is 12.7. The molecule has 2 aromatic carbocycles. The number of fused-ring (bicyclic) bond motifs is 2. The fraction of sp³-hybridized carbons (Fsp3) is 0.0769. The van der Waals surface area contributed by atoms with Gasteiger partial charge in [-0.15, -0.1) is 0 Å². The zero-order valence-electron chi connectivity index (χ0n) is 9.87. The van der Waals surface area contributed by atoms with Gasteiger partial charge in [0.05, 0.1) is 9.79 Å². The Balaban J connectivity index is 2.39. The molecule has 0 atom stereocenters. The van der Waals surface area contributed by atoms with Crippen molar-refractivity contribution >= 4 is 21.2 Å². The Hall–Kier alpha value is -2.05. The lowest BCUT2D eigenvalue weighted by Gasteiger charge is -2.25. The van der Waals surface area contributed by atoms with Crippen LogP contribution in [0.1, 0.15) is 17.2 Å². The number of hydrogen-bond donors (Lipinski definition) is 3. The molecule has 0 saturated heterocycles. The second kappa shape index (κ2) is 3.72. The van der Waals surface area contributed by atoms with Crippen molar-refractivity contribution in [1.82, 2.24) is 0 Å². The number of nitrogens with two attached hydrogens (primary N) is 2. The van der Waals surface area contributed by atoms with E-state index in [1.54, 1.807) is 0 Å². The van der Waals surface area contributed by atoms with Crippen molar-refractivity contribution in [1.29, 1.82) is 0 Å². The van der Waals surface area contributed by atoms with Gasteiger partial charge in [0.2, 0.25) is 9.84 Å². The number of aliphatic hydroxyl groups is 1.